The SMILES string of the molecule is CCCCCCCCCCCCCCCCC(C=O)c1ccccc1O. The minimum atomic E-state index is -0.159. The van der Waals surface area contributed by atoms with Crippen LogP contribution in [0.1, 0.15) is 115 Å². The highest BCUT2D eigenvalue weighted by molar-refractivity contribution is 5.64. The van der Waals surface area contributed by atoms with E-state index in [-0.39, 0.29) is 11.7 Å². The summed E-state index contributed by atoms with van der Waals surface area (Å²) in [7, 11) is 0. The molecule has 1 rings (SSSR count). The molecule has 1 aromatic rings. The van der Waals surface area contributed by atoms with Crippen molar-refractivity contribution in [2.75, 3.05) is 0 Å². The Morgan fingerprint density at radius 1 is 0.769 bits per heavy atom. The van der Waals surface area contributed by atoms with Gasteiger partial charge in [-0.15, -0.1) is 0 Å². The van der Waals surface area contributed by atoms with E-state index in [9.17, 15) is 9.90 Å². The fraction of sp³-hybridized carbons (Fsp3) is 0.708. The van der Waals surface area contributed by atoms with E-state index < -0.39 is 0 Å². The van der Waals surface area contributed by atoms with E-state index in [1.165, 1.54) is 83.5 Å². The molecule has 0 aliphatic rings. The molecule has 148 valence electrons. The van der Waals surface area contributed by atoms with E-state index in [0.29, 0.717) is 0 Å². The number of unbranched alkanes of at least 4 members (excludes halogenated alkanes) is 13. The smallest absolute Gasteiger partial charge is 0.127 e. The van der Waals surface area contributed by atoms with Gasteiger partial charge in [-0.05, 0) is 12.5 Å². The molecule has 1 unspecified atom stereocenters. The Labute approximate surface area is 161 Å². The molecule has 0 heterocycles. The van der Waals surface area contributed by atoms with Crippen molar-refractivity contribution in [3.8, 4) is 5.75 Å². The molecule has 0 bridgehead atoms. The second kappa shape index (κ2) is 15.9. The van der Waals surface area contributed by atoms with Crippen molar-refractivity contribution < 1.29 is 9.90 Å². The van der Waals surface area contributed by atoms with Gasteiger partial charge in [0.25, 0.3) is 0 Å². The van der Waals surface area contributed by atoms with Crippen molar-refractivity contribution in [1.82, 2.24) is 0 Å². The molecular weight excluding hydrogens is 320 g/mol. The third-order valence-electron chi connectivity index (χ3n) is 5.37. The number of carbonyl (C=O) groups is 1. The van der Waals surface area contributed by atoms with Gasteiger partial charge in [-0.3, -0.25) is 0 Å². The first-order valence-electron chi connectivity index (χ1n) is 11.0. The third kappa shape index (κ3) is 10.6. The minimum absolute atomic E-state index is 0.159. The molecule has 0 aliphatic heterocycles. The van der Waals surface area contributed by atoms with Crippen molar-refractivity contribution in [1.29, 1.82) is 0 Å². The number of hydrogen-bond acceptors (Lipinski definition) is 2. The van der Waals surface area contributed by atoms with Gasteiger partial charge in [0.2, 0.25) is 0 Å². The highest BCUT2D eigenvalue weighted by atomic mass is 16.3. The summed E-state index contributed by atoms with van der Waals surface area (Å²) in [6, 6.07) is 7.21. The van der Waals surface area contributed by atoms with Crippen molar-refractivity contribution in [2.24, 2.45) is 0 Å². The van der Waals surface area contributed by atoms with Crippen LogP contribution in [0.3, 0.4) is 0 Å². The maximum absolute atomic E-state index is 11.3. The quantitative estimate of drug-likeness (QED) is 0.230. The lowest BCUT2D eigenvalue weighted by atomic mass is 9.93. The maximum atomic E-state index is 11.3. The van der Waals surface area contributed by atoms with Gasteiger partial charge in [-0.25, -0.2) is 0 Å². The van der Waals surface area contributed by atoms with Crippen LogP contribution in [0.15, 0.2) is 24.3 Å². The zero-order valence-electron chi connectivity index (χ0n) is 16.9. The number of phenols is 1. The predicted octanol–water partition coefficient (Wildman–Crippen LogP) is 7.55. The van der Waals surface area contributed by atoms with Gasteiger partial charge >= 0.3 is 0 Å². The second-order valence-corrected chi connectivity index (χ2v) is 7.69. The highest BCUT2D eigenvalue weighted by Gasteiger charge is 2.13. The lowest BCUT2D eigenvalue weighted by Crippen LogP contribution is -2.00. The second-order valence-electron chi connectivity index (χ2n) is 7.69. The van der Waals surface area contributed by atoms with E-state index >= 15 is 0 Å². The summed E-state index contributed by atoms with van der Waals surface area (Å²) in [4.78, 5) is 11.3. The molecule has 0 amide bonds. The molecular formula is C24H40O2. The highest BCUT2D eigenvalue weighted by Crippen LogP contribution is 2.28. The Morgan fingerprint density at radius 3 is 1.69 bits per heavy atom. The topological polar surface area (TPSA) is 37.3 Å². The van der Waals surface area contributed by atoms with Crippen molar-refractivity contribution in [2.45, 2.75) is 109 Å². The maximum Gasteiger partial charge on any atom is 0.127 e. The Hall–Kier alpha value is -1.31. The van der Waals surface area contributed by atoms with Crippen molar-refractivity contribution >= 4 is 6.29 Å². The summed E-state index contributed by atoms with van der Waals surface area (Å²) < 4.78 is 0. The molecule has 0 radical (unpaired) electrons. The number of aromatic hydroxyl groups is 1. The van der Waals surface area contributed by atoms with E-state index in [1.807, 2.05) is 12.1 Å². The van der Waals surface area contributed by atoms with Gasteiger partial charge in [0.05, 0.1) is 0 Å². The number of aldehydes is 1. The Kier molecular flexibility index (Phi) is 13.9. The Balaban J connectivity index is 1.93. The molecule has 1 atom stereocenters. The van der Waals surface area contributed by atoms with Crippen LogP contribution in [0.2, 0.25) is 0 Å². The first-order valence-corrected chi connectivity index (χ1v) is 11.0. The number of rotatable bonds is 17. The van der Waals surface area contributed by atoms with Crippen LogP contribution < -0.4 is 0 Å². The first kappa shape index (κ1) is 22.7. The van der Waals surface area contributed by atoms with Gasteiger partial charge in [-0.2, -0.15) is 0 Å². The molecule has 0 fully saturated rings. The third-order valence-corrected chi connectivity index (χ3v) is 5.37. The fourth-order valence-corrected chi connectivity index (χ4v) is 3.66. The van der Waals surface area contributed by atoms with Crippen LogP contribution in [0.4, 0.5) is 0 Å². The van der Waals surface area contributed by atoms with Crippen LogP contribution >= 0.6 is 0 Å². The molecule has 0 saturated carbocycles. The van der Waals surface area contributed by atoms with Gasteiger partial charge in [0.1, 0.15) is 12.0 Å². The standard InChI is InChI=1S/C24H40O2/c1-2-3-4-5-6-7-8-9-10-11-12-13-14-15-18-22(21-25)23-19-16-17-20-24(23)26/h16-17,19-22,26H,2-15,18H2,1H3. The van der Waals surface area contributed by atoms with Gasteiger partial charge in [-0.1, -0.05) is 115 Å². The van der Waals surface area contributed by atoms with Crippen molar-refractivity contribution in [3.05, 3.63) is 29.8 Å². The van der Waals surface area contributed by atoms with E-state index in [2.05, 4.69) is 6.92 Å². The monoisotopic (exact) mass is 360 g/mol. The summed E-state index contributed by atoms with van der Waals surface area (Å²) >= 11 is 0. The molecule has 2 heteroatoms. The molecule has 0 spiro atoms. The average molecular weight is 361 g/mol. The van der Waals surface area contributed by atoms with E-state index in [1.54, 1.807) is 12.1 Å². The number of hydrogen-bond donors (Lipinski definition) is 1. The van der Waals surface area contributed by atoms with Crippen LogP contribution in [-0.4, -0.2) is 11.4 Å². The Morgan fingerprint density at radius 2 is 1.23 bits per heavy atom. The first-order chi connectivity index (χ1) is 12.8. The largest absolute Gasteiger partial charge is 0.508 e. The summed E-state index contributed by atoms with van der Waals surface area (Å²) in [6.45, 7) is 2.27. The summed E-state index contributed by atoms with van der Waals surface area (Å²) in [5, 5.41) is 9.87. The van der Waals surface area contributed by atoms with Crippen LogP contribution in [0, 0.1) is 0 Å². The molecule has 0 aromatic heterocycles. The predicted molar refractivity (Wildman–Crippen MR) is 112 cm³/mol. The summed E-state index contributed by atoms with van der Waals surface area (Å²) in [5.41, 5.74) is 0.775. The molecule has 1 N–H and O–H groups in total. The fourth-order valence-electron chi connectivity index (χ4n) is 3.66. The number of para-hydroxylation sites is 1. The number of phenolic OH excluding ortho intramolecular Hbond substituents is 1. The molecule has 1 aromatic carbocycles. The Bertz CT molecular complexity index is 455. The zero-order chi connectivity index (χ0) is 18.9. The minimum Gasteiger partial charge on any atom is -0.508 e. The zero-order valence-corrected chi connectivity index (χ0v) is 16.9. The lowest BCUT2D eigenvalue weighted by molar-refractivity contribution is -0.109. The van der Waals surface area contributed by atoms with Crippen LogP contribution in [-0.2, 0) is 4.79 Å². The van der Waals surface area contributed by atoms with Gasteiger partial charge in [0, 0.05) is 11.5 Å². The van der Waals surface area contributed by atoms with Crippen LogP contribution in [0.25, 0.3) is 0 Å². The van der Waals surface area contributed by atoms with Gasteiger partial charge < -0.3 is 9.90 Å². The van der Waals surface area contributed by atoms with E-state index in [0.717, 1.165) is 24.7 Å². The summed E-state index contributed by atoms with van der Waals surface area (Å²) in [6.07, 6.45) is 20.6. The number of benzene rings is 1. The molecule has 26 heavy (non-hydrogen) atoms. The van der Waals surface area contributed by atoms with Crippen LogP contribution in [0.5, 0.6) is 5.75 Å². The normalized spacial score (nSPS) is 12.2. The summed E-state index contributed by atoms with van der Waals surface area (Å²) in [5.74, 6) is 0.0866. The molecule has 2 nitrogen and oxygen atoms in total. The number of carbonyl (C=O) groups excluding carboxylic acids is 1. The molecule has 0 saturated heterocycles. The van der Waals surface area contributed by atoms with Gasteiger partial charge in [0.15, 0.2) is 0 Å². The van der Waals surface area contributed by atoms with E-state index in [4.69, 9.17) is 0 Å². The average Bonchev–Trinajstić information content (AvgIpc) is 2.66. The lowest BCUT2D eigenvalue weighted by Gasteiger charge is -2.12. The van der Waals surface area contributed by atoms with Crippen molar-refractivity contribution in [3.63, 3.8) is 0 Å². The molecule has 0 aliphatic carbocycles.